The molecule has 6 nitrogen and oxygen atoms in total. The maximum atomic E-state index is 5.93. The van der Waals surface area contributed by atoms with E-state index in [0.717, 1.165) is 35.7 Å². The molecular weight excluding hydrogens is 312 g/mol. The second kappa shape index (κ2) is 7.97. The average Bonchev–Trinajstić information content (AvgIpc) is 2.85. The molecule has 1 aromatic heterocycles. The number of halogens is 1. The van der Waals surface area contributed by atoms with E-state index in [1.807, 2.05) is 49.9 Å². The quantitative estimate of drug-likeness (QED) is 0.673. The van der Waals surface area contributed by atoms with Crippen molar-refractivity contribution in [3.8, 4) is 0 Å². The molecule has 23 heavy (non-hydrogen) atoms. The smallest absolute Gasteiger partial charge is 0.194 e. The predicted molar refractivity (Wildman–Crippen MR) is 93.5 cm³/mol. The summed E-state index contributed by atoms with van der Waals surface area (Å²) in [5, 5.41) is 12.3. The number of hydrogen-bond acceptors (Lipinski definition) is 3. The van der Waals surface area contributed by atoms with Crippen LogP contribution in [0.4, 0.5) is 0 Å². The summed E-state index contributed by atoms with van der Waals surface area (Å²) in [6.45, 7) is 6.03. The van der Waals surface area contributed by atoms with Gasteiger partial charge in [-0.15, -0.1) is 10.2 Å². The fourth-order valence-corrected chi connectivity index (χ4v) is 2.27. The molecule has 0 saturated carbocycles. The van der Waals surface area contributed by atoms with Crippen molar-refractivity contribution in [2.24, 2.45) is 12.0 Å². The van der Waals surface area contributed by atoms with Gasteiger partial charge in [0.05, 0.1) is 0 Å². The molecule has 0 bridgehead atoms. The van der Waals surface area contributed by atoms with Crippen molar-refractivity contribution in [2.45, 2.75) is 26.9 Å². The molecule has 0 aliphatic heterocycles. The first kappa shape index (κ1) is 17.3. The molecule has 1 heterocycles. The van der Waals surface area contributed by atoms with Crippen molar-refractivity contribution in [3.63, 3.8) is 0 Å². The van der Waals surface area contributed by atoms with Crippen molar-refractivity contribution in [3.05, 3.63) is 46.5 Å². The number of nitrogens with one attached hydrogen (secondary N) is 1. The Kier molecular flexibility index (Phi) is 5.98. The topological polar surface area (TPSA) is 58.3 Å². The number of guanidine groups is 1. The maximum Gasteiger partial charge on any atom is 0.194 e. The van der Waals surface area contributed by atoms with Crippen LogP contribution in [0.3, 0.4) is 0 Å². The van der Waals surface area contributed by atoms with E-state index in [1.54, 1.807) is 0 Å². The molecule has 124 valence electrons. The van der Waals surface area contributed by atoms with Gasteiger partial charge in [0.15, 0.2) is 11.8 Å². The molecule has 0 atom stereocenters. The zero-order valence-electron chi connectivity index (χ0n) is 14.0. The highest BCUT2D eigenvalue weighted by Crippen LogP contribution is 2.11. The summed E-state index contributed by atoms with van der Waals surface area (Å²) in [6, 6.07) is 7.84. The molecule has 7 heteroatoms. The minimum Gasteiger partial charge on any atom is -0.357 e. The van der Waals surface area contributed by atoms with Gasteiger partial charge in [0, 0.05) is 32.2 Å². The van der Waals surface area contributed by atoms with E-state index in [2.05, 4.69) is 32.3 Å². The van der Waals surface area contributed by atoms with Gasteiger partial charge in [-0.25, -0.2) is 4.99 Å². The second-order valence-corrected chi connectivity index (χ2v) is 5.81. The molecule has 0 spiro atoms. The van der Waals surface area contributed by atoms with Crippen molar-refractivity contribution >= 4 is 17.6 Å². The number of aromatic nitrogens is 3. The van der Waals surface area contributed by atoms with Crippen molar-refractivity contribution < 1.29 is 0 Å². The lowest BCUT2D eigenvalue weighted by Crippen LogP contribution is -2.38. The third kappa shape index (κ3) is 4.69. The van der Waals surface area contributed by atoms with Crippen LogP contribution in [0.25, 0.3) is 0 Å². The van der Waals surface area contributed by atoms with Crippen LogP contribution in [-0.2, 0) is 20.1 Å². The SMILES string of the molecule is CCNC(=NCc1nnc(C)n1C)N(C)Cc1ccc(Cl)cc1. The minimum atomic E-state index is 0.491. The Morgan fingerprint density at radius 1 is 1.30 bits per heavy atom. The number of nitrogens with zero attached hydrogens (tertiary/aromatic N) is 5. The molecule has 0 fully saturated rings. The van der Waals surface area contributed by atoms with E-state index in [0.29, 0.717) is 6.54 Å². The van der Waals surface area contributed by atoms with Crippen LogP contribution in [-0.4, -0.2) is 39.2 Å². The summed E-state index contributed by atoms with van der Waals surface area (Å²) in [4.78, 5) is 6.73. The fraction of sp³-hybridized carbons (Fsp3) is 0.438. The number of benzene rings is 1. The van der Waals surface area contributed by atoms with Crippen LogP contribution in [0.1, 0.15) is 24.1 Å². The van der Waals surface area contributed by atoms with E-state index in [-0.39, 0.29) is 0 Å². The Bertz CT molecular complexity index is 662. The van der Waals surface area contributed by atoms with Crippen LogP contribution >= 0.6 is 11.6 Å². The highest BCUT2D eigenvalue weighted by atomic mass is 35.5. The molecule has 0 radical (unpaired) electrons. The monoisotopic (exact) mass is 334 g/mol. The first-order chi connectivity index (χ1) is 11.0. The van der Waals surface area contributed by atoms with Crippen molar-refractivity contribution in [2.75, 3.05) is 13.6 Å². The van der Waals surface area contributed by atoms with E-state index < -0.39 is 0 Å². The number of aliphatic imine (C=N–C) groups is 1. The summed E-state index contributed by atoms with van der Waals surface area (Å²) in [5.74, 6) is 2.57. The lowest BCUT2D eigenvalue weighted by molar-refractivity contribution is 0.476. The Hall–Kier alpha value is -2.08. The molecule has 0 saturated heterocycles. The average molecular weight is 335 g/mol. The summed E-state index contributed by atoms with van der Waals surface area (Å²) in [6.07, 6.45) is 0. The highest BCUT2D eigenvalue weighted by Gasteiger charge is 2.09. The molecule has 0 aliphatic rings. The van der Waals surface area contributed by atoms with Gasteiger partial charge in [0.2, 0.25) is 0 Å². The van der Waals surface area contributed by atoms with E-state index in [4.69, 9.17) is 11.6 Å². The van der Waals surface area contributed by atoms with Gasteiger partial charge in [0.1, 0.15) is 12.4 Å². The molecule has 0 amide bonds. The Morgan fingerprint density at radius 3 is 2.57 bits per heavy atom. The standard InChI is InChI=1S/C16H23ClN6/c1-5-18-16(19-10-15-21-20-12(2)23(15)4)22(3)11-13-6-8-14(17)9-7-13/h6-9H,5,10-11H2,1-4H3,(H,18,19). The van der Waals surface area contributed by atoms with Gasteiger partial charge in [-0.1, -0.05) is 23.7 Å². The van der Waals surface area contributed by atoms with Gasteiger partial charge in [-0.3, -0.25) is 0 Å². The van der Waals surface area contributed by atoms with Gasteiger partial charge < -0.3 is 14.8 Å². The van der Waals surface area contributed by atoms with Gasteiger partial charge in [-0.2, -0.15) is 0 Å². The molecule has 2 aromatic rings. The van der Waals surface area contributed by atoms with Crippen LogP contribution in [0.15, 0.2) is 29.3 Å². The molecule has 1 aromatic carbocycles. The van der Waals surface area contributed by atoms with Crippen molar-refractivity contribution in [1.82, 2.24) is 25.0 Å². The third-order valence-electron chi connectivity index (χ3n) is 3.58. The second-order valence-electron chi connectivity index (χ2n) is 5.38. The lowest BCUT2D eigenvalue weighted by Gasteiger charge is -2.22. The Labute approximate surface area is 142 Å². The predicted octanol–water partition coefficient (Wildman–Crippen LogP) is 2.37. The largest absolute Gasteiger partial charge is 0.357 e. The zero-order chi connectivity index (χ0) is 16.8. The van der Waals surface area contributed by atoms with Crippen LogP contribution in [0, 0.1) is 6.92 Å². The summed E-state index contributed by atoms with van der Waals surface area (Å²) < 4.78 is 1.95. The third-order valence-corrected chi connectivity index (χ3v) is 3.83. The van der Waals surface area contributed by atoms with Crippen LogP contribution in [0.5, 0.6) is 0 Å². The van der Waals surface area contributed by atoms with Crippen LogP contribution in [0.2, 0.25) is 5.02 Å². The summed E-state index contributed by atoms with van der Waals surface area (Å²) in [5.41, 5.74) is 1.18. The van der Waals surface area contributed by atoms with Crippen LogP contribution < -0.4 is 5.32 Å². The molecule has 0 aliphatic carbocycles. The first-order valence-corrected chi connectivity index (χ1v) is 7.97. The highest BCUT2D eigenvalue weighted by molar-refractivity contribution is 6.30. The maximum absolute atomic E-state index is 5.93. The Morgan fingerprint density at radius 2 is 2.00 bits per heavy atom. The van der Waals surface area contributed by atoms with E-state index in [9.17, 15) is 0 Å². The van der Waals surface area contributed by atoms with Gasteiger partial charge in [0.25, 0.3) is 0 Å². The molecule has 2 rings (SSSR count). The van der Waals surface area contributed by atoms with E-state index >= 15 is 0 Å². The fourth-order valence-electron chi connectivity index (χ4n) is 2.14. The van der Waals surface area contributed by atoms with E-state index in [1.165, 1.54) is 5.56 Å². The molecule has 1 N–H and O–H groups in total. The van der Waals surface area contributed by atoms with Gasteiger partial charge >= 0.3 is 0 Å². The molecule has 0 unspecified atom stereocenters. The zero-order valence-corrected chi connectivity index (χ0v) is 14.8. The van der Waals surface area contributed by atoms with Crippen molar-refractivity contribution in [1.29, 1.82) is 0 Å². The summed E-state index contributed by atoms with van der Waals surface area (Å²) in [7, 11) is 3.96. The number of aryl methyl sites for hydroxylation is 1. The minimum absolute atomic E-state index is 0.491. The number of hydrogen-bond donors (Lipinski definition) is 1. The Balaban J connectivity index is 2.08. The normalized spacial score (nSPS) is 11.6. The van der Waals surface area contributed by atoms with Gasteiger partial charge in [-0.05, 0) is 31.5 Å². The first-order valence-electron chi connectivity index (χ1n) is 7.60. The summed E-state index contributed by atoms with van der Waals surface area (Å²) >= 11 is 5.93. The number of rotatable bonds is 5. The lowest BCUT2D eigenvalue weighted by atomic mass is 10.2. The molecular formula is C16H23ClN6.